The van der Waals surface area contributed by atoms with Gasteiger partial charge in [-0.15, -0.1) is 11.8 Å². The van der Waals surface area contributed by atoms with E-state index in [1.54, 1.807) is 0 Å². The Labute approximate surface area is 74.7 Å². The van der Waals surface area contributed by atoms with Crippen LogP contribution in [0.5, 0.6) is 0 Å². The minimum absolute atomic E-state index is 0.136. The second-order valence-electron chi connectivity index (χ2n) is 2.59. The normalized spacial score (nSPS) is 8.50. The van der Waals surface area contributed by atoms with Gasteiger partial charge in [0.1, 0.15) is 0 Å². The van der Waals surface area contributed by atoms with Crippen molar-refractivity contribution in [1.29, 1.82) is 0 Å². The number of carbonyl (C=O) groups is 1. The van der Waals surface area contributed by atoms with Crippen LogP contribution in [0.3, 0.4) is 0 Å². The van der Waals surface area contributed by atoms with Crippen LogP contribution in [-0.4, -0.2) is 12.5 Å². The van der Waals surface area contributed by atoms with Gasteiger partial charge in [0.15, 0.2) is 0 Å². The van der Waals surface area contributed by atoms with Crippen molar-refractivity contribution in [1.82, 2.24) is 5.32 Å². The molecule has 0 aliphatic carbocycles. The van der Waals surface area contributed by atoms with Gasteiger partial charge in [-0.3, -0.25) is 4.79 Å². The molecule has 1 amide bonds. The largest absolute Gasteiger partial charge is 0.356 e. The van der Waals surface area contributed by atoms with E-state index < -0.39 is 0 Å². The maximum Gasteiger partial charge on any atom is 0.219 e. The molecule has 0 heterocycles. The van der Waals surface area contributed by atoms with Crippen LogP contribution in [0.2, 0.25) is 0 Å². The number of hydrogen-bond acceptors (Lipinski definition) is 1. The summed E-state index contributed by atoms with van der Waals surface area (Å²) in [4.78, 5) is 10.8. The van der Waals surface area contributed by atoms with Gasteiger partial charge >= 0.3 is 0 Å². The van der Waals surface area contributed by atoms with Gasteiger partial charge in [0.05, 0.1) is 0 Å². The van der Waals surface area contributed by atoms with Crippen molar-refractivity contribution in [3.8, 4) is 11.8 Å². The summed E-state index contributed by atoms with van der Waals surface area (Å²) in [7, 11) is 0. The highest BCUT2D eigenvalue weighted by atomic mass is 16.1. The van der Waals surface area contributed by atoms with Gasteiger partial charge in [-0.05, 0) is 19.8 Å². The lowest BCUT2D eigenvalue weighted by atomic mass is 10.2. The zero-order chi connectivity index (χ0) is 9.23. The number of carbonyl (C=O) groups excluding carboxylic acids is 1. The van der Waals surface area contributed by atoms with Gasteiger partial charge in [0.25, 0.3) is 0 Å². The molecule has 0 saturated carbocycles. The van der Waals surface area contributed by atoms with Gasteiger partial charge in [-0.2, -0.15) is 0 Å². The SMILES string of the molecule is CC#CCCCCNC(=O)CC. The van der Waals surface area contributed by atoms with E-state index in [0.29, 0.717) is 6.42 Å². The fourth-order valence-corrected chi connectivity index (χ4v) is 0.816. The van der Waals surface area contributed by atoms with Gasteiger partial charge in [-0.1, -0.05) is 6.92 Å². The van der Waals surface area contributed by atoms with Crippen molar-refractivity contribution in [3.05, 3.63) is 0 Å². The van der Waals surface area contributed by atoms with Crippen molar-refractivity contribution in [2.45, 2.75) is 39.5 Å². The third-order valence-corrected chi connectivity index (χ3v) is 1.55. The summed E-state index contributed by atoms with van der Waals surface area (Å²) in [6, 6.07) is 0. The first kappa shape index (κ1) is 11.0. The van der Waals surface area contributed by atoms with Crippen LogP contribution in [0.15, 0.2) is 0 Å². The number of rotatable bonds is 5. The summed E-state index contributed by atoms with van der Waals surface area (Å²) in [5.74, 6) is 5.96. The smallest absolute Gasteiger partial charge is 0.219 e. The van der Waals surface area contributed by atoms with Gasteiger partial charge in [-0.25, -0.2) is 0 Å². The van der Waals surface area contributed by atoms with Gasteiger partial charge < -0.3 is 5.32 Å². The number of nitrogens with one attached hydrogen (secondary N) is 1. The van der Waals surface area contributed by atoms with Crippen molar-refractivity contribution in [2.75, 3.05) is 6.54 Å². The van der Waals surface area contributed by atoms with Crippen LogP contribution in [-0.2, 0) is 4.79 Å². The molecule has 2 nitrogen and oxygen atoms in total. The van der Waals surface area contributed by atoms with Crippen LogP contribution < -0.4 is 5.32 Å². The molecule has 0 atom stereocenters. The molecule has 68 valence electrons. The highest BCUT2D eigenvalue weighted by Gasteiger charge is 1.93. The summed E-state index contributed by atoms with van der Waals surface area (Å²) in [6.45, 7) is 4.49. The Morgan fingerprint density at radius 1 is 1.42 bits per heavy atom. The topological polar surface area (TPSA) is 29.1 Å². The van der Waals surface area contributed by atoms with E-state index in [2.05, 4.69) is 17.2 Å². The Bertz CT molecular complexity index is 176. The standard InChI is InChI=1S/C10H17NO/c1-3-5-6-7-8-9-11-10(12)4-2/h4,6-9H2,1-2H3,(H,11,12). The molecule has 0 spiro atoms. The Hall–Kier alpha value is -0.970. The third-order valence-electron chi connectivity index (χ3n) is 1.55. The molecule has 1 N–H and O–H groups in total. The van der Waals surface area contributed by atoms with Crippen molar-refractivity contribution in [2.24, 2.45) is 0 Å². The van der Waals surface area contributed by atoms with E-state index >= 15 is 0 Å². The Balaban J connectivity index is 3.09. The first-order chi connectivity index (χ1) is 5.81. The predicted molar refractivity (Wildman–Crippen MR) is 50.6 cm³/mol. The molecule has 0 saturated heterocycles. The molecule has 0 aromatic rings. The lowest BCUT2D eigenvalue weighted by Crippen LogP contribution is -2.22. The van der Waals surface area contributed by atoms with Gasteiger partial charge in [0.2, 0.25) is 5.91 Å². The second kappa shape index (κ2) is 8.13. The first-order valence-electron chi connectivity index (χ1n) is 4.47. The fraction of sp³-hybridized carbons (Fsp3) is 0.700. The number of unbranched alkanes of at least 4 members (excludes halogenated alkanes) is 2. The Morgan fingerprint density at radius 2 is 2.17 bits per heavy atom. The molecule has 12 heavy (non-hydrogen) atoms. The molecule has 0 radical (unpaired) electrons. The van der Waals surface area contributed by atoms with Gasteiger partial charge in [0, 0.05) is 19.4 Å². The van der Waals surface area contributed by atoms with E-state index in [1.165, 1.54) is 0 Å². The summed E-state index contributed by atoms with van der Waals surface area (Å²) < 4.78 is 0. The van der Waals surface area contributed by atoms with E-state index in [0.717, 1.165) is 25.8 Å². The zero-order valence-corrected chi connectivity index (χ0v) is 7.94. The monoisotopic (exact) mass is 167 g/mol. The van der Waals surface area contributed by atoms with Crippen LogP contribution in [0, 0.1) is 11.8 Å². The maximum absolute atomic E-state index is 10.8. The summed E-state index contributed by atoms with van der Waals surface area (Å²) in [5, 5.41) is 2.82. The molecule has 0 aliphatic heterocycles. The number of amides is 1. The van der Waals surface area contributed by atoms with Crippen LogP contribution in [0.25, 0.3) is 0 Å². The van der Waals surface area contributed by atoms with Crippen molar-refractivity contribution in [3.63, 3.8) is 0 Å². The highest BCUT2D eigenvalue weighted by Crippen LogP contribution is 1.91. The molecule has 0 aliphatic rings. The molecule has 0 bridgehead atoms. The lowest BCUT2D eigenvalue weighted by molar-refractivity contribution is -0.120. The third kappa shape index (κ3) is 7.14. The molecule has 0 unspecified atom stereocenters. The van der Waals surface area contributed by atoms with Crippen LogP contribution >= 0.6 is 0 Å². The van der Waals surface area contributed by atoms with Crippen LogP contribution in [0.1, 0.15) is 39.5 Å². The number of hydrogen-bond donors (Lipinski definition) is 1. The average Bonchev–Trinajstić information content (AvgIpc) is 2.10. The predicted octanol–water partition coefficient (Wildman–Crippen LogP) is 1.71. The molecule has 0 aromatic heterocycles. The molecule has 0 aromatic carbocycles. The fourth-order valence-electron chi connectivity index (χ4n) is 0.816. The quantitative estimate of drug-likeness (QED) is 0.490. The highest BCUT2D eigenvalue weighted by molar-refractivity contribution is 5.75. The summed E-state index contributed by atoms with van der Waals surface area (Å²) in [5.41, 5.74) is 0. The molecular formula is C10H17NO. The van der Waals surface area contributed by atoms with Crippen molar-refractivity contribution < 1.29 is 4.79 Å². The minimum atomic E-state index is 0.136. The Kier molecular flexibility index (Phi) is 7.47. The summed E-state index contributed by atoms with van der Waals surface area (Å²) in [6.07, 6.45) is 3.62. The second-order valence-corrected chi connectivity index (χ2v) is 2.59. The van der Waals surface area contributed by atoms with Crippen LogP contribution in [0.4, 0.5) is 0 Å². The van der Waals surface area contributed by atoms with Crippen molar-refractivity contribution >= 4 is 5.91 Å². The average molecular weight is 167 g/mol. The zero-order valence-electron chi connectivity index (χ0n) is 7.94. The van der Waals surface area contributed by atoms with E-state index in [9.17, 15) is 4.79 Å². The minimum Gasteiger partial charge on any atom is -0.356 e. The molecule has 2 heteroatoms. The molecule has 0 fully saturated rings. The lowest BCUT2D eigenvalue weighted by Gasteiger charge is -2.00. The van der Waals surface area contributed by atoms with E-state index in [-0.39, 0.29) is 5.91 Å². The maximum atomic E-state index is 10.8. The van der Waals surface area contributed by atoms with E-state index in [1.807, 2.05) is 13.8 Å². The molecule has 0 rings (SSSR count). The molecular weight excluding hydrogens is 150 g/mol. The summed E-state index contributed by atoms with van der Waals surface area (Å²) >= 11 is 0. The first-order valence-corrected chi connectivity index (χ1v) is 4.47. The Morgan fingerprint density at radius 3 is 2.75 bits per heavy atom. The van der Waals surface area contributed by atoms with E-state index in [4.69, 9.17) is 0 Å².